The molecule has 0 spiro atoms. The molecule has 1 aliphatic rings. The van der Waals surface area contributed by atoms with Crippen LogP contribution in [0.3, 0.4) is 0 Å². The Bertz CT molecular complexity index is 3090. The largest absolute Gasteiger partial charge is 0.311 e. The van der Waals surface area contributed by atoms with E-state index in [1.165, 1.54) is 55.2 Å². The van der Waals surface area contributed by atoms with Crippen LogP contribution >= 0.6 is 0 Å². The molecule has 3 nitrogen and oxygen atoms in total. The van der Waals surface area contributed by atoms with Crippen LogP contribution in [-0.4, -0.2) is 4.57 Å². The highest BCUT2D eigenvalue weighted by atomic mass is 15.2. The van der Waals surface area contributed by atoms with E-state index in [-0.39, 0.29) is 0 Å². The van der Waals surface area contributed by atoms with E-state index in [1.54, 1.807) is 0 Å². The average Bonchev–Trinajstić information content (AvgIpc) is 3.69. The van der Waals surface area contributed by atoms with Gasteiger partial charge in [-0.05, 0) is 143 Å². The monoisotopic (exact) mass is 781 g/mol. The van der Waals surface area contributed by atoms with Crippen LogP contribution in [0.4, 0.5) is 34.1 Å². The van der Waals surface area contributed by atoms with Crippen LogP contribution in [0.15, 0.2) is 231 Å². The molecule has 3 heteroatoms. The van der Waals surface area contributed by atoms with Crippen LogP contribution in [0, 0.1) is 0 Å². The SMILES string of the molecule is C1=Cc2c(ccc3c2c2ccccc2n3-c2ccc(-c3ccc(N(c4ccc(-c5ccccc5)cc4)c4ccc(N(c5ccccc5)c5ccccc5)cc4)cc3)cc2)CC1. The van der Waals surface area contributed by atoms with Crippen molar-refractivity contribution < 1.29 is 0 Å². The molecule has 10 aromatic rings. The Morgan fingerprint density at radius 1 is 0.344 bits per heavy atom. The first kappa shape index (κ1) is 36.2. The van der Waals surface area contributed by atoms with E-state index in [0.717, 1.165) is 52.7 Å². The van der Waals surface area contributed by atoms with Gasteiger partial charge in [0.2, 0.25) is 0 Å². The average molecular weight is 782 g/mol. The molecule has 0 N–H and O–H groups in total. The van der Waals surface area contributed by atoms with Crippen LogP contribution < -0.4 is 9.80 Å². The minimum atomic E-state index is 1.08. The number of benzene rings is 9. The summed E-state index contributed by atoms with van der Waals surface area (Å²) < 4.78 is 2.42. The van der Waals surface area contributed by atoms with Crippen molar-refractivity contribution >= 4 is 62.0 Å². The first-order valence-corrected chi connectivity index (χ1v) is 21.2. The number of anilines is 6. The zero-order chi connectivity index (χ0) is 40.5. The van der Waals surface area contributed by atoms with Gasteiger partial charge in [-0.3, -0.25) is 0 Å². The lowest BCUT2D eigenvalue weighted by atomic mass is 9.93. The highest BCUT2D eigenvalue weighted by Gasteiger charge is 2.19. The molecule has 0 unspecified atom stereocenters. The van der Waals surface area contributed by atoms with Gasteiger partial charge in [0, 0.05) is 50.6 Å². The van der Waals surface area contributed by atoms with Crippen molar-refractivity contribution in [1.82, 2.24) is 4.57 Å². The van der Waals surface area contributed by atoms with Crippen molar-refractivity contribution in [1.29, 1.82) is 0 Å². The van der Waals surface area contributed by atoms with Gasteiger partial charge in [0.1, 0.15) is 0 Å². The number of fused-ring (bicyclic) bond motifs is 5. The van der Waals surface area contributed by atoms with Gasteiger partial charge in [-0.2, -0.15) is 0 Å². The first-order chi connectivity index (χ1) is 30.3. The molecular formula is C58H43N3. The maximum atomic E-state index is 2.42. The van der Waals surface area contributed by atoms with Crippen molar-refractivity contribution in [2.75, 3.05) is 9.80 Å². The van der Waals surface area contributed by atoms with Gasteiger partial charge in [-0.1, -0.05) is 140 Å². The normalized spacial score (nSPS) is 12.1. The predicted molar refractivity (Wildman–Crippen MR) is 258 cm³/mol. The van der Waals surface area contributed by atoms with E-state index >= 15 is 0 Å². The summed E-state index contributed by atoms with van der Waals surface area (Å²) in [6.07, 6.45) is 6.85. The maximum Gasteiger partial charge on any atom is 0.0547 e. The number of aromatic nitrogens is 1. The Morgan fingerprint density at radius 3 is 1.31 bits per heavy atom. The minimum absolute atomic E-state index is 1.08. The molecule has 0 saturated carbocycles. The fourth-order valence-corrected chi connectivity index (χ4v) is 9.10. The summed E-state index contributed by atoms with van der Waals surface area (Å²) in [6, 6.07) is 81.0. The smallest absolute Gasteiger partial charge is 0.0547 e. The van der Waals surface area contributed by atoms with Crippen LogP contribution in [-0.2, 0) is 6.42 Å². The zero-order valence-electron chi connectivity index (χ0n) is 33.8. The van der Waals surface area contributed by atoms with E-state index in [9.17, 15) is 0 Å². The lowest BCUT2D eigenvalue weighted by Crippen LogP contribution is -2.12. The molecular weight excluding hydrogens is 739 g/mol. The van der Waals surface area contributed by atoms with Crippen molar-refractivity contribution in [3.8, 4) is 27.9 Å². The number of allylic oxidation sites excluding steroid dienone is 1. The van der Waals surface area contributed by atoms with Gasteiger partial charge in [-0.15, -0.1) is 0 Å². The second-order valence-electron chi connectivity index (χ2n) is 15.7. The van der Waals surface area contributed by atoms with Gasteiger partial charge in [0.05, 0.1) is 11.0 Å². The summed E-state index contributed by atoms with van der Waals surface area (Å²) >= 11 is 0. The Labute approximate surface area is 357 Å². The Morgan fingerprint density at radius 2 is 0.770 bits per heavy atom. The maximum absolute atomic E-state index is 2.42. The second kappa shape index (κ2) is 15.7. The molecule has 9 aromatic carbocycles. The van der Waals surface area contributed by atoms with Crippen molar-refractivity contribution in [2.24, 2.45) is 0 Å². The van der Waals surface area contributed by atoms with Gasteiger partial charge in [0.25, 0.3) is 0 Å². The van der Waals surface area contributed by atoms with Gasteiger partial charge in [-0.25, -0.2) is 0 Å². The molecule has 1 heterocycles. The molecule has 0 aliphatic heterocycles. The number of para-hydroxylation sites is 3. The molecule has 11 rings (SSSR count). The summed E-state index contributed by atoms with van der Waals surface area (Å²) in [5.41, 5.74) is 17.8. The summed E-state index contributed by atoms with van der Waals surface area (Å²) in [7, 11) is 0. The second-order valence-corrected chi connectivity index (χ2v) is 15.7. The van der Waals surface area contributed by atoms with Gasteiger partial charge < -0.3 is 14.4 Å². The molecule has 0 fully saturated rings. The molecule has 290 valence electrons. The van der Waals surface area contributed by atoms with Gasteiger partial charge >= 0.3 is 0 Å². The standard InChI is InChI=1S/C58H43N3/c1-4-14-42(15-5-1)43-24-31-49(32-25-43)60(52-39-37-51(38-40-52)59(47-17-6-2-7-18-47)48-19-8-3-9-20-48)50-33-26-44(27-34-50)45-28-35-53(36-29-45)61-56-23-13-12-22-55(56)58-54-21-11-10-16-46(54)30-41-57(58)61/h1-9,11-15,17-41H,10,16H2. The molecule has 0 atom stereocenters. The summed E-state index contributed by atoms with van der Waals surface area (Å²) in [5.74, 6) is 0. The molecule has 0 bridgehead atoms. The fraction of sp³-hybridized carbons (Fsp3) is 0.0345. The van der Waals surface area contributed by atoms with E-state index in [4.69, 9.17) is 0 Å². The third-order valence-electron chi connectivity index (χ3n) is 12.0. The third-order valence-corrected chi connectivity index (χ3v) is 12.0. The van der Waals surface area contributed by atoms with Crippen LogP contribution in [0.1, 0.15) is 17.5 Å². The number of nitrogens with zero attached hydrogens (tertiary/aromatic N) is 3. The van der Waals surface area contributed by atoms with E-state index < -0.39 is 0 Å². The Kier molecular flexibility index (Phi) is 9.33. The molecule has 1 aliphatic carbocycles. The lowest BCUT2D eigenvalue weighted by Gasteiger charge is -2.28. The van der Waals surface area contributed by atoms with Crippen LogP contribution in [0.2, 0.25) is 0 Å². The van der Waals surface area contributed by atoms with Crippen molar-refractivity contribution in [3.63, 3.8) is 0 Å². The molecule has 1 aromatic heterocycles. The number of rotatable bonds is 9. The van der Waals surface area contributed by atoms with E-state index in [1.807, 2.05) is 0 Å². The fourth-order valence-electron chi connectivity index (χ4n) is 9.10. The molecule has 0 radical (unpaired) electrons. The van der Waals surface area contributed by atoms with Crippen LogP contribution in [0.5, 0.6) is 0 Å². The summed E-state index contributed by atoms with van der Waals surface area (Å²) in [4.78, 5) is 4.64. The Balaban J connectivity index is 0.941. The van der Waals surface area contributed by atoms with E-state index in [2.05, 4.69) is 251 Å². The lowest BCUT2D eigenvalue weighted by molar-refractivity contribution is 0.989. The Hall–Kier alpha value is -7.88. The third kappa shape index (κ3) is 6.76. The molecule has 61 heavy (non-hydrogen) atoms. The quantitative estimate of drug-likeness (QED) is 0.144. The highest BCUT2D eigenvalue weighted by molar-refractivity contribution is 6.13. The number of hydrogen-bond donors (Lipinski definition) is 0. The zero-order valence-corrected chi connectivity index (χ0v) is 33.8. The molecule has 0 amide bonds. The first-order valence-electron chi connectivity index (χ1n) is 21.2. The highest BCUT2D eigenvalue weighted by Crippen LogP contribution is 2.41. The van der Waals surface area contributed by atoms with Gasteiger partial charge in [0.15, 0.2) is 0 Å². The van der Waals surface area contributed by atoms with Crippen LogP contribution in [0.25, 0.3) is 55.8 Å². The summed E-state index contributed by atoms with van der Waals surface area (Å²) in [5, 5.41) is 2.65. The van der Waals surface area contributed by atoms with Crippen molar-refractivity contribution in [3.05, 3.63) is 242 Å². The number of hydrogen-bond acceptors (Lipinski definition) is 2. The number of aryl methyl sites for hydroxylation is 1. The minimum Gasteiger partial charge on any atom is -0.311 e. The topological polar surface area (TPSA) is 11.4 Å². The summed E-state index contributed by atoms with van der Waals surface area (Å²) in [6.45, 7) is 0. The predicted octanol–water partition coefficient (Wildman–Crippen LogP) is 16.0. The molecule has 0 saturated heterocycles. The van der Waals surface area contributed by atoms with E-state index in [0.29, 0.717) is 0 Å². The van der Waals surface area contributed by atoms with Crippen molar-refractivity contribution in [2.45, 2.75) is 12.8 Å².